The Bertz CT molecular complexity index is 1010. The molecule has 2 heterocycles. The number of nitrogens with zero attached hydrogens (tertiary/aromatic N) is 3. The first-order valence-electron chi connectivity index (χ1n) is 8.27. The molecule has 1 aromatic carbocycles. The minimum absolute atomic E-state index is 0.0190. The molecule has 0 bridgehead atoms. The number of carbonyl (C=O) groups is 2. The fourth-order valence-electron chi connectivity index (χ4n) is 2.86. The third kappa shape index (κ3) is 3.58. The predicted molar refractivity (Wildman–Crippen MR) is 109 cm³/mol. The lowest BCUT2D eigenvalue weighted by molar-refractivity contribution is -0.128. The van der Waals surface area contributed by atoms with E-state index in [1.54, 1.807) is 42.0 Å². The van der Waals surface area contributed by atoms with Crippen molar-refractivity contribution in [2.24, 2.45) is 0 Å². The molecule has 0 aliphatic carbocycles. The predicted octanol–water partition coefficient (Wildman–Crippen LogP) is 2.29. The Balaban J connectivity index is 2.07. The summed E-state index contributed by atoms with van der Waals surface area (Å²) in [5.74, 6) is -1.15. The fourth-order valence-corrected chi connectivity index (χ4v) is 3.11. The van der Waals surface area contributed by atoms with Gasteiger partial charge >= 0.3 is 0 Å². The molecule has 1 saturated heterocycles. The summed E-state index contributed by atoms with van der Waals surface area (Å²) in [4.78, 5) is 26.2. The summed E-state index contributed by atoms with van der Waals surface area (Å²) in [6.45, 7) is 5.53. The highest BCUT2D eigenvalue weighted by Crippen LogP contribution is 2.27. The van der Waals surface area contributed by atoms with Crippen LogP contribution >= 0.6 is 12.2 Å². The van der Waals surface area contributed by atoms with Crippen LogP contribution in [0.5, 0.6) is 0 Å². The quantitative estimate of drug-likeness (QED) is 0.264. The lowest BCUT2D eigenvalue weighted by Crippen LogP contribution is -2.53. The normalized spacial score (nSPS) is 15.8. The molecule has 1 fully saturated rings. The van der Waals surface area contributed by atoms with Gasteiger partial charge in [-0.3, -0.25) is 25.0 Å². The molecule has 28 heavy (non-hydrogen) atoms. The van der Waals surface area contributed by atoms with Crippen LogP contribution in [0.2, 0.25) is 0 Å². The van der Waals surface area contributed by atoms with Gasteiger partial charge in [0.2, 0.25) is 0 Å². The van der Waals surface area contributed by atoms with Crippen LogP contribution in [0.3, 0.4) is 0 Å². The van der Waals surface area contributed by atoms with E-state index in [1.165, 1.54) is 23.1 Å². The molecule has 0 saturated carbocycles. The van der Waals surface area contributed by atoms with E-state index < -0.39 is 11.8 Å². The zero-order valence-electron chi connectivity index (χ0n) is 15.0. The number of nitrogens with one attached hydrogen (secondary N) is 1. The first-order chi connectivity index (χ1) is 13.3. The number of aryl methyl sites for hydroxylation is 1. The molecule has 0 atom stereocenters. The maximum Gasteiger partial charge on any atom is 0.266 e. The third-order valence-electron chi connectivity index (χ3n) is 4.17. The monoisotopic (exact) mass is 397 g/mol. The third-order valence-corrected chi connectivity index (χ3v) is 4.49. The van der Waals surface area contributed by atoms with Crippen LogP contribution in [0, 0.1) is 12.1 Å². The van der Waals surface area contributed by atoms with Gasteiger partial charge in [-0.25, -0.2) is 0 Å². The van der Waals surface area contributed by atoms with Gasteiger partial charge in [-0.2, -0.15) is 0 Å². The smallest absolute Gasteiger partial charge is 0.266 e. The lowest BCUT2D eigenvalue weighted by Gasteiger charge is -2.28. The number of rotatable bonds is 5. The molecule has 3 rings (SSSR count). The van der Waals surface area contributed by atoms with E-state index in [4.69, 9.17) is 12.2 Å². The highest BCUT2D eigenvalue weighted by molar-refractivity contribution is 7.80. The van der Waals surface area contributed by atoms with Crippen molar-refractivity contribution in [3.8, 4) is 5.69 Å². The van der Waals surface area contributed by atoms with Crippen molar-refractivity contribution in [3.63, 3.8) is 0 Å². The molecule has 1 aliphatic rings. The summed E-state index contributed by atoms with van der Waals surface area (Å²) >= 11 is 5.03. The molecule has 0 unspecified atom stereocenters. The van der Waals surface area contributed by atoms with E-state index >= 15 is 0 Å². The molecule has 0 radical (unpaired) electrons. The van der Waals surface area contributed by atoms with Crippen LogP contribution in [-0.4, -0.2) is 38.1 Å². The molecule has 8 nitrogen and oxygen atoms in total. The first-order valence-corrected chi connectivity index (χ1v) is 8.68. The minimum Gasteiger partial charge on any atom is -0.733 e. The van der Waals surface area contributed by atoms with Gasteiger partial charge in [0.05, 0.1) is 11.4 Å². The SMILES string of the molecule is C=CCN1C(=O)/C(=C\c2cccn2-c2ccc(C)cc2N([O-])O)C(=O)NC1=S. The Morgan fingerprint density at radius 1 is 1.36 bits per heavy atom. The molecule has 2 aromatic rings. The highest BCUT2D eigenvalue weighted by Gasteiger charge is 2.32. The zero-order valence-corrected chi connectivity index (χ0v) is 15.8. The number of benzene rings is 1. The van der Waals surface area contributed by atoms with Gasteiger partial charge in [-0.05, 0) is 55.0 Å². The Labute approximate surface area is 166 Å². The van der Waals surface area contributed by atoms with E-state index in [-0.39, 0.29) is 28.1 Å². The second kappa shape index (κ2) is 7.77. The first kappa shape index (κ1) is 19.5. The van der Waals surface area contributed by atoms with Gasteiger partial charge in [0, 0.05) is 18.4 Å². The average molecular weight is 397 g/mol. The van der Waals surface area contributed by atoms with Crippen LogP contribution in [0.4, 0.5) is 5.69 Å². The molecule has 2 amide bonds. The Kier molecular flexibility index (Phi) is 5.41. The number of anilines is 1. The van der Waals surface area contributed by atoms with Crippen LogP contribution in [0.25, 0.3) is 11.8 Å². The summed E-state index contributed by atoms with van der Waals surface area (Å²) in [5, 5.41) is 23.3. The van der Waals surface area contributed by atoms with Crippen LogP contribution in [0.15, 0.2) is 54.8 Å². The van der Waals surface area contributed by atoms with E-state index in [0.29, 0.717) is 11.4 Å². The van der Waals surface area contributed by atoms with Gasteiger partial charge in [-0.15, -0.1) is 6.58 Å². The van der Waals surface area contributed by atoms with Crippen molar-refractivity contribution in [3.05, 3.63) is 71.2 Å². The fraction of sp³-hybridized carbons (Fsp3) is 0.105. The summed E-state index contributed by atoms with van der Waals surface area (Å²) in [6, 6.07) is 8.34. The standard InChI is InChI=1S/C19H17N4O4S/c1-3-8-22-18(25)14(17(24)20-19(22)28)11-13-5-4-9-21(13)15-7-6-12(2)10-16(15)23(26)27/h3-7,9-11,26H,1,8H2,2H3,(H,20,24,28)/q-1/b14-11-. The van der Waals surface area contributed by atoms with Gasteiger partial charge in [0.1, 0.15) is 5.57 Å². The maximum absolute atomic E-state index is 12.7. The maximum atomic E-state index is 12.7. The van der Waals surface area contributed by atoms with Crippen molar-refractivity contribution >= 4 is 40.9 Å². The minimum atomic E-state index is -0.611. The Morgan fingerprint density at radius 3 is 2.79 bits per heavy atom. The molecule has 9 heteroatoms. The number of hydrogen-bond acceptors (Lipinski definition) is 6. The zero-order chi connectivity index (χ0) is 20.4. The van der Waals surface area contributed by atoms with Crippen molar-refractivity contribution < 1.29 is 14.8 Å². The second-order valence-corrected chi connectivity index (χ2v) is 6.48. The summed E-state index contributed by atoms with van der Waals surface area (Å²) in [5.41, 5.74) is 1.58. The number of thiocarbonyl (C=S) groups is 1. The Morgan fingerprint density at radius 2 is 2.11 bits per heavy atom. The van der Waals surface area contributed by atoms with Crippen molar-refractivity contribution in [1.29, 1.82) is 0 Å². The van der Waals surface area contributed by atoms with Gasteiger partial charge in [-0.1, -0.05) is 12.1 Å². The van der Waals surface area contributed by atoms with Crippen molar-refractivity contribution in [2.45, 2.75) is 6.92 Å². The van der Waals surface area contributed by atoms with E-state index in [9.17, 15) is 20.0 Å². The van der Waals surface area contributed by atoms with E-state index in [0.717, 1.165) is 5.56 Å². The summed E-state index contributed by atoms with van der Waals surface area (Å²) in [6.07, 6.45) is 4.57. The molecule has 1 aromatic heterocycles. The molecule has 0 spiro atoms. The molecular formula is C19H17N4O4S-. The van der Waals surface area contributed by atoms with Gasteiger partial charge in [0.15, 0.2) is 5.11 Å². The number of aromatic nitrogens is 1. The van der Waals surface area contributed by atoms with Crippen molar-refractivity contribution in [2.75, 3.05) is 11.8 Å². The van der Waals surface area contributed by atoms with Crippen LogP contribution < -0.4 is 10.5 Å². The number of hydrogen-bond donors (Lipinski definition) is 2. The van der Waals surface area contributed by atoms with E-state index in [1.807, 2.05) is 0 Å². The highest BCUT2D eigenvalue weighted by atomic mass is 32.1. The molecular weight excluding hydrogens is 380 g/mol. The summed E-state index contributed by atoms with van der Waals surface area (Å²) < 4.78 is 1.59. The number of amides is 2. The van der Waals surface area contributed by atoms with Gasteiger partial charge < -0.3 is 15.0 Å². The second-order valence-electron chi connectivity index (χ2n) is 6.09. The van der Waals surface area contributed by atoms with Crippen LogP contribution in [-0.2, 0) is 9.59 Å². The topological polar surface area (TPSA) is 101 Å². The Hall–Kier alpha value is -3.27. The average Bonchev–Trinajstić information content (AvgIpc) is 3.10. The molecule has 2 N–H and O–H groups in total. The lowest BCUT2D eigenvalue weighted by atomic mass is 10.1. The number of carbonyl (C=O) groups excluding carboxylic acids is 2. The summed E-state index contributed by atoms with van der Waals surface area (Å²) in [7, 11) is 0. The van der Waals surface area contributed by atoms with Gasteiger partial charge in [0.25, 0.3) is 11.8 Å². The molecule has 144 valence electrons. The van der Waals surface area contributed by atoms with Crippen LogP contribution in [0.1, 0.15) is 11.3 Å². The van der Waals surface area contributed by atoms with E-state index in [2.05, 4.69) is 11.9 Å². The van der Waals surface area contributed by atoms with Crippen molar-refractivity contribution in [1.82, 2.24) is 14.8 Å². The largest absolute Gasteiger partial charge is 0.733 e. The molecule has 1 aliphatic heterocycles.